The topological polar surface area (TPSA) is 71.6 Å². The lowest BCUT2D eigenvalue weighted by Crippen LogP contribution is -2.37. The van der Waals surface area contributed by atoms with Crippen LogP contribution in [0.25, 0.3) is 0 Å². The molecule has 5 nitrogen and oxygen atoms in total. The Kier molecular flexibility index (Phi) is 8.11. The van der Waals surface area contributed by atoms with Gasteiger partial charge in [-0.25, -0.2) is 0 Å². The minimum Gasteiger partial charge on any atom is -0.401 e. The van der Waals surface area contributed by atoms with E-state index in [1.54, 1.807) is 30.4 Å². The van der Waals surface area contributed by atoms with Gasteiger partial charge in [0, 0.05) is 18.4 Å². The van der Waals surface area contributed by atoms with Crippen LogP contribution in [0.3, 0.4) is 0 Å². The van der Waals surface area contributed by atoms with Crippen LogP contribution in [0, 0.1) is 0 Å². The van der Waals surface area contributed by atoms with Crippen LogP contribution < -0.4 is 5.73 Å². The average molecular weight is 332 g/mol. The molecule has 124 valence electrons. The van der Waals surface area contributed by atoms with Crippen LogP contribution in [0.15, 0.2) is 52.4 Å². The Balaban J connectivity index is 3.00. The van der Waals surface area contributed by atoms with Gasteiger partial charge < -0.3 is 10.6 Å². The summed E-state index contributed by atoms with van der Waals surface area (Å²) in [6.07, 6.45) is 6.88. The van der Waals surface area contributed by atoms with Crippen LogP contribution in [0.2, 0.25) is 0 Å². The first-order chi connectivity index (χ1) is 11.0. The maximum atomic E-state index is 12.6. The van der Waals surface area contributed by atoms with E-state index in [2.05, 4.69) is 9.98 Å². The summed E-state index contributed by atoms with van der Waals surface area (Å²) in [7, 11) is 0. The summed E-state index contributed by atoms with van der Waals surface area (Å²) in [5.41, 5.74) is 7.86. The number of carbonyl (C=O) groups excluding carboxylic acids is 1. The van der Waals surface area contributed by atoms with E-state index in [4.69, 9.17) is 5.73 Å². The summed E-state index contributed by atoms with van der Waals surface area (Å²) in [6.45, 7) is 8.04. The van der Waals surface area contributed by atoms with Crippen LogP contribution in [-0.2, 0) is 4.79 Å². The van der Waals surface area contributed by atoms with Gasteiger partial charge in [-0.3, -0.25) is 14.8 Å². The van der Waals surface area contributed by atoms with Crippen molar-refractivity contribution in [3.8, 4) is 0 Å². The van der Waals surface area contributed by atoms with Crippen molar-refractivity contribution in [1.29, 1.82) is 0 Å². The molecule has 1 heterocycles. The zero-order chi connectivity index (χ0) is 17.2. The molecule has 1 rings (SSSR count). The van der Waals surface area contributed by atoms with E-state index in [0.29, 0.717) is 23.6 Å². The number of aromatic nitrogens is 1. The lowest BCUT2D eigenvalue weighted by molar-refractivity contribution is -0.127. The highest BCUT2D eigenvalue weighted by Crippen LogP contribution is 2.18. The first kappa shape index (κ1) is 19.0. The van der Waals surface area contributed by atoms with E-state index in [0.717, 1.165) is 0 Å². The third-order valence-corrected chi connectivity index (χ3v) is 4.06. The lowest BCUT2D eigenvalue weighted by atomic mass is 10.2. The largest absolute Gasteiger partial charge is 0.401 e. The van der Waals surface area contributed by atoms with Crippen molar-refractivity contribution in [3.05, 3.63) is 47.4 Å². The second-order valence-corrected chi connectivity index (χ2v) is 6.12. The van der Waals surface area contributed by atoms with Crippen molar-refractivity contribution >= 4 is 29.6 Å². The first-order valence-electron chi connectivity index (χ1n) is 7.49. The molecule has 0 saturated carbocycles. The molecule has 0 aliphatic carbocycles. The van der Waals surface area contributed by atoms with E-state index in [9.17, 15) is 4.79 Å². The van der Waals surface area contributed by atoms with Gasteiger partial charge in [-0.05, 0) is 45.2 Å². The molecule has 0 saturated heterocycles. The van der Waals surface area contributed by atoms with Gasteiger partial charge in [0.15, 0.2) is 0 Å². The molecule has 23 heavy (non-hydrogen) atoms. The fourth-order valence-electron chi connectivity index (χ4n) is 1.87. The van der Waals surface area contributed by atoms with E-state index in [-0.39, 0.29) is 11.2 Å². The number of carbonyl (C=O) groups is 1. The number of thioether (sulfide) groups is 1. The molecule has 0 fully saturated rings. The molecule has 1 aromatic rings. The Labute approximate surface area is 142 Å². The molecule has 0 aromatic carbocycles. The molecule has 1 aromatic heterocycles. The molecule has 0 aliphatic rings. The van der Waals surface area contributed by atoms with E-state index in [1.807, 2.05) is 44.4 Å². The summed E-state index contributed by atoms with van der Waals surface area (Å²) in [5.74, 6) is 0.00744. The number of nitrogens with two attached hydrogens (primary N) is 1. The van der Waals surface area contributed by atoms with Crippen molar-refractivity contribution in [1.82, 2.24) is 9.88 Å². The van der Waals surface area contributed by atoms with Crippen LogP contribution in [-0.4, -0.2) is 33.8 Å². The number of aliphatic imine (C=N–C) groups is 1. The third-order valence-electron chi connectivity index (χ3n) is 3.03. The van der Waals surface area contributed by atoms with Gasteiger partial charge in [0.25, 0.3) is 0 Å². The van der Waals surface area contributed by atoms with Crippen molar-refractivity contribution < 1.29 is 4.79 Å². The van der Waals surface area contributed by atoms with Gasteiger partial charge in [0.05, 0.1) is 29.0 Å². The van der Waals surface area contributed by atoms with Crippen LogP contribution in [0.4, 0.5) is 5.69 Å². The Hall–Kier alpha value is -2.08. The quantitative estimate of drug-likeness (QED) is 0.776. The first-order valence-corrected chi connectivity index (χ1v) is 8.44. The Bertz CT molecular complexity index is 592. The highest BCUT2D eigenvalue weighted by atomic mass is 32.2. The van der Waals surface area contributed by atoms with Crippen molar-refractivity contribution in [2.45, 2.75) is 32.9 Å². The number of hydrogen-bond donors (Lipinski definition) is 1. The fraction of sp³-hybridized carbons (Fsp3) is 0.353. The summed E-state index contributed by atoms with van der Waals surface area (Å²) >= 11 is 1.48. The molecule has 0 radical (unpaired) electrons. The van der Waals surface area contributed by atoms with Crippen molar-refractivity contribution in [2.24, 2.45) is 10.7 Å². The van der Waals surface area contributed by atoms with Crippen molar-refractivity contribution in [3.63, 3.8) is 0 Å². The highest BCUT2D eigenvalue weighted by Gasteiger charge is 2.22. The van der Waals surface area contributed by atoms with Crippen LogP contribution in [0.1, 0.15) is 27.7 Å². The number of hydrogen-bond acceptors (Lipinski definition) is 5. The Morgan fingerprint density at radius 3 is 2.83 bits per heavy atom. The molecular weight excluding hydrogens is 308 g/mol. The van der Waals surface area contributed by atoms with Gasteiger partial charge in [-0.15, -0.1) is 11.8 Å². The molecule has 0 bridgehead atoms. The second-order valence-electron chi connectivity index (χ2n) is 4.87. The second kappa shape index (κ2) is 9.84. The summed E-state index contributed by atoms with van der Waals surface area (Å²) in [5, 5.41) is 1.73. The predicted octanol–water partition coefficient (Wildman–Crippen LogP) is 3.48. The summed E-state index contributed by atoms with van der Waals surface area (Å²) in [4.78, 5) is 22.7. The average Bonchev–Trinajstić information content (AvgIpc) is 2.56. The predicted molar refractivity (Wildman–Crippen MR) is 98.5 cm³/mol. The maximum absolute atomic E-state index is 12.6. The number of allylic oxidation sites excluding steroid dienone is 3. The Morgan fingerprint density at radius 1 is 1.57 bits per heavy atom. The summed E-state index contributed by atoms with van der Waals surface area (Å²) in [6, 6.07) is 3.65. The third kappa shape index (κ3) is 5.90. The minimum atomic E-state index is -0.188. The Morgan fingerprint density at radius 2 is 2.30 bits per heavy atom. The molecule has 2 N–H and O–H groups in total. The number of rotatable bonds is 7. The SMILES string of the molecule is C/C=C/SC(C)C(=O)N(CC)/C(C=Nc1cccnc1)=C(\C)N. The van der Waals surface area contributed by atoms with Gasteiger partial charge in [-0.2, -0.15) is 0 Å². The number of nitrogens with zero attached hydrogens (tertiary/aromatic N) is 3. The standard InChI is InChI=1S/C17H24N4OS/c1-5-10-23-14(4)17(22)21(6-2)16(13(3)18)12-20-15-8-7-9-19-11-15/h5,7-12,14H,6,18H2,1-4H3/b10-5+,16-13+,20-12?. The zero-order valence-electron chi connectivity index (χ0n) is 14.1. The van der Waals surface area contributed by atoms with E-state index < -0.39 is 0 Å². The molecule has 1 amide bonds. The smallest absolute Gasteiger partial charge is 0.240 e. The fourth-order valence-corrected chi connectivity index (χ4v) is 2.51. The lowest BCUT2D eigenvalue weighted by Gasteiger charge is -2.25. The molecular formula is C17H24N4OS. The molecule has 1 unspecified atom stereocenters. The number of pyridine rings is 1. The molecule has 0 spiro atoms. The molecule has 0 aliphatic heterocycles. The van der Waals surface area contributed by atoms with E-state index >= 15 is 0 Å². The van der Waals surface area contributed by atoms with Crippen LogP contribution >= 0.6 is 11.8 Å². The van der Waals surface area contributed by atoms with Crippen LogP contribution in [0.5, 0.6) is 0 Å². The maximum Gasteiger partial charge on any atom is 0.240 e. The zero-order valence-corrected chi connectivity index (χ0v) is 14.9. The normalized spacial score (nSPS) is 14.1. The van der Waals surface area contributed by atoms with Gasteiger partial charge in [0.2, 0.25) is 5.91 Å². The summed E-state index contributed by atoms with van der Waals surface area (Å²) < 4.78 is 0. The number of amides is 1. The van der Waals surface area contributed by atoms with Gasteiger partial charge >= 0.3 is 0 Å². The van der Waals surface area contributed by atoms with Gasteiger partial charge in [0.1, 0.15) is 0 Å². The van der Waals surface area contributed by atoms with Crippen molar-refractivity contribution in [2.75, 3.05) is 6.54 Å². The van der Waals surface area contributed by atoms with Gasteiger partial charge in [-0.1, -0.05) is 6.08 Å². The highest BCUT2D eigenvalue weighted by molar-refractivity contribution is 8.03. The van der Waals surface area contributed by atoms with E-state index in [1.165, 1.54) is 11.8 Å². The molecule has 6 heteroatoms. The monoisotopic (exact) mass is 332 g/mol. The minimum absolute atomic E-state index is 0.00744. The molecule has 1 atom stereocenters.